The Kier molecular flexibility index (Phi) is 3.37. The van der Waals surface area contributed by atoms with Crippen LogP contribution in [0, 0.1) is 0 Å². The standard InChI is InChI=1S/C17H16BrN3O/c1-11(14-4-2-3-7-19-14)22-16-9-12(18)8-15-17(16)21(10-20-15)13-5-6-13/h2-4,7-11,13H,5-6H2,1H3/t11-/m1/s1. The Bertz CT molecular complexity index is 811. The SMILES string of the molecule is C[C@@H](Oc1cc(Br)cc2ncn(C3CC3)c12)c1ccccn1. The molecule has 5 heteroatoms. The fourth-order valence-corrected chi connectivity index (χ4v) is 3.11. The van der Waals surface area contributed by atoms with Crippen molar-refractivity contribution in [3.05, 3.63) is 53.0 Å². The second-order valence-electron chi connectivity index (χ2n) is 5.67. The van der Waals surface area contributed by atoms with E-state index in [0.717, 1.165) is 26.9 Å². The monoisotopic (exact) mass is 357 g/mol. The zero-order chi connectivity index (χ0) is 15.1. The summed E-state index contributed by atoms with van der Waals surface area (Å²) in [5.41, 5.74) is 2.96. The summed E-state index contributed by atoms with van der Waals surface area (Å²) >= 11 is 3.55. The number of fused-ring (bicyclic) bond motifs is 1. The van der Waals surface area contributed by atoms with Crippen LogP contribution in [-0.4, -0.2) is 14.5 Å². The molecule has 22 heavy (non-hydrogen) atoms. The molecule has 0 amide bonds. The summed E-state index contributed by atoms with van der Waals surface area (Å²) in [6.07, 6.45) is 6.04. The highest BCUT2D eigenvalue weighted by Gasteiger charge is 2.27. The van der Waals surface area contributed by atoms with Crippen LogP contribution < -0.4 is 4.74 Å². The first-order chi connectivity index (χ1) is 10.7. The first-order valence-corrected chi connectivity index (χ1v) is 8.25. The van der Waals surface area contributed by atoms with Crippen molar-refractivity contribution in [2.45, 2.75) is 31.9 Å². The number of pyridine rings is 1. The van der Waals surface area contributed by atoms with Crippen LogP contribution in [0.4, 0.5) is 0 Å². The number of aromatic nitrogens is 3. The lowest BCUT2D eigenvalue weighted by atomic mass is 10.2. The van der Waals surface area contributed by atoms with Gasteiger partial charge >= 0.3 is 0 Å². The molecular formula is C17H16BrN3O. The van der Waals surface area contributed by atoms with Crippen LogP contribution in [0.25, 0.3) is 11.0 Å². The highest BCUT2D eigenvalue weighted by Crippen LogP contribution is 2.41. The number of rotatable bonds is 4. The topological polar surface area (TPSA) is 39.9 Å². The van der Waals surface area contributed by atoms with E-state index in [9.17, 15) is 0 Å². The van der Waals surface area contributed by atoms with Crippen molar-refractivity contribution in [2.75, 3.05) is 0 Å². The third-order valence-electron chi connectivity index (χ3n) is 3.95. The van der Waals surface area contributed by atoms with Crippen molar-refractivity contribution in [1.82, 2.24) is 14.5 Å². The van der Waals surface area contributed by atoms with Crippen LogP contribution in [0.2, 0.25) is 0 Å². The molecule has 0 saturated heterocycles. The molecule has 2 heterocycles. The minimum atomic E-state index is -0.110. The molecule has 1 aliphatic rings. The highest BCUT2D eigenvalue weighted by molar-refractivity contribution is 9.10. The van der Waals surface area contributed by atoms with Gasteiger partial charge < -0.3 is 9.30 Å². The quantitative estimate of drug-likeness (QED) is 0.681. The average molecular weight is 358 g/mol. The lowest BCUT2D eigenvalue weighted by molar-refractivity contribution is 0.224. The van der Waals surface area contributed by atoms with Crippen LogP contribution in [0.5, 0.6) is 5.75 Å². The molecule has 2 aromatic heterocycles. The summed E-state index contributed by atoms with van der Waals surface area (Å²) in [6.45, 7) is 2.02. The Hall–Kier alpha value is -1.88. The van der Waals surface area contributed by atoms with Crippen molar-refractivity contribution in [1.29, 1.82) is 0 Å². The molecule has 112 valence electrons. The predicted molar refractivity (Wildman–Crippen MR) is 89.0 cm³/mol. The Labute approximate surface area is 137 Å². The molecule has 1 fully saturated rings. The lowest BCUT2D eigenvalue weighted by Crippen LogP contribution is -2.06. The fraction of sp³-hybridized carbons (Fsp3) is 0.294. The molecule has 0 spiro atoms. The van der Waals surface area contributed by atoms with Gasteiger partial charge in [0.2, 0.25) is 0 Å². The van der Waals surface area contributed by atoms with Gasteiger partial charge in [0.1, 0.15) is 17.4 Å². The van der Waals surface area contributed by atoms with E-state index in [2.05, 4.69) is 30.5 Å². The molecule has 1 atom stereocenters. The molecule has 4 rings (SSSR count). The fourth-order valence-electron chi connectivity index (χ4n) is 2.69. The maximum absolute atomic E-state index is 6.22. The van der Waals surface area contributed by atoms with E-state index in [0.29, 0.717) is 6.04 Å². The van der Waals surface area contributed by atoms with Crippen molar-refractivity contribution in [3.63, 3.8) is 0 Å². The molecule has 0 N–H and O–H groups in total. The van der Waals surface area contributed by atoms with E-state index in [1.54, 1.807) is 6.20 Å². The summed E-state index contributed by atoms with van der Waals surface area (Å²) in [7, 11) is 0. The van der Waals surface area contributed by atoms with Crippen LogP contribution in [0.3, 0.4) is 0 Å². The zero-order valence-corrected chi connectivity index (χ0v) is 13.8. The van der Waals surface area contributed by atoms with E-state index in [1.807, 2.05) is 43.6 Å². The number of imidazole rings is 1. The van der Waals surface area contributed by atoms with Gasteiger partial charge in [-0.3, -0.25) is 4.98 Å². The Morgan fingerprint density at radius 3 is 2.86 bits per heavy atom. The Morgan fingerprint density at radius 2 is 2.14 bits per heavy atom. The number of nitrogens with zero attached hydrogens (tertiary/aromatic N) is 3. The van der Waals surface area contributed by atoms with Gasteiger partial charge in [0, 0.05) is 16.7 Å². The van der Waals surface area contributed by atoms with Gasteiger partial charge in [0.05, 0.1) is 17.5 Å². The lowest BCUT2D eigenvalue weighted by Gasteiger charge is -2.16. The summed E-state index contributed by atoms with van der Waals surface area (Å²) in [4.78, 5) is 8.89. The molecule has 4 nitrogen and oxygen atoms in total. The van der Waals surface area contributed by atoms with Gasteiger partial charge in [0.25, 0.3) is 0 Å². The molecule has 3 aromatic rings. The van der Waals surface area contributed by atoms with E-state index in [1.165, 1.54) is 12.8 Å². The normalized spacial score (nSPS) is 15.9. The number of ether oxygens (including phenoxy) is 1. The molecule has 0 bridgehead atoms. The summed E-state index contributed by atoms with van der Waals surface area (Å²) in [5, 5.41) is 0. The molecular weight excluding hydrogens is 342 g/mol. The highest BCUT2D eigenvalue weighted by atomic mass is 79.9. The summed E-state index contributed by atoms with van der Waals surface area (Å²) < 4.78 is 9.43. The van der Waals surface area contributed by atoms with E-state index in [4.69, 9.17) is 4.74 Å². The van der Waals surface area contributed by atoms with Gasteiger partial charge in [0.15, 0.2) is 0 Å². The molecule has 1 aliphatic carbocycles. The van der Waals surface area contributed by atoms with E-state index >= 15 is 0 Å². The summed E-state index contributed by atoms with van der Waals surface area (Å²) in [5.74, 6) is 0.854. The van der Waals surface area contributed by atoms with Crippen LogP contribution in [-0.2, 0) is 0 Å². The van der Waals surface area contributed by atoms with Crippen LogP contribution >= 0.6 is 15.9 Å². The molecule has 0 radical (unpaired) electrons. The van der Waals surface area contributed by atoms with Crippen LogP contribution in [0.1, 0.15) is 37.6 Å². The number of halogens is 1. The van der Waals surface area contributed by atoms with Crippen molar-refractivity contribution in [2.24, 2.45) is 0 Å². The molecule has 0 aliphatic heterocycles. The third-order valence-corrected chi connectivity index (χ3v) is 4.41. The second kappa shape index (κ2) is 5.39. The van der Waals surface area contributed by atoms with Crippen molar-refractivity contribution < 1.29 is 4.74 Å². The van der Waals surface area contributed by atoms with Gasteiger partial charge in [-0.2, -0.15) is 0 Å². The first kappa shape index (κ1) is 13.8. The van der Waals surface area contributed by atoms with Gasteiger partial charge in [-0.05, 0) is 44.0 Å². The van der Waals surface area contributed by atoms with E-state index in [-0.39, 0.29) is 6.10 Å². The first-order valence-electron chi connectivity index (χ1n) is 7.46. The minimum Gasteiger partial charge on any atom is -0.482 e. The largest absolute Gasteiger partial charge is 0.482 e. The zero-order valence-electron chi connectivity index (χ0n) is 12.2. The Balaban J connectivity index is 1.75. The van der Waals surface area contributed by atoms with Gasteiger partial charge in [-0.1, -0.05) is 22.0 Å². The smallest absolute Gasteiger partial charge is 0.147 e. The predicted octanol–water partition coefficient (Wildman–Crippen LogP) is 4.67. The number of benzene rings is 1. The van der Waals surface area contributed by atoms with E-state index < -0.39 is 0 Å². The van der Waals surface area contributed by atoms with Crippen molar-refractivity contribution >= 4 is 27.0 Å². The maximum Gasteiger partial charge on any atom is 0.147 e. The van der Waals surface area contributed by atoms with Crippen molar-refractivity contribution in [3.8, 4) is 5.75 Å². The van der Waals surface area contributed by atoms with Gasteiger partial charge in [-0.25, -0.2) is 4.98 Å². The van der Waals surface area contributed by atoms with Crippen LogP contribution in [0.15, 0.2) is 47.3 Å². The molecule has 1 aromatic carbocycles. The third kappa shape index (κ3) is 2.50. The van der Waals surface area contributed by atoms with Gasteiger partial charge in [-0.15, -0.1) is 0 Å². The summed E-state index contributed by atoms with van der Waals surface area (Å²) in [6, 6.07) is 10.5. The molecule has 1 saturated carbocycles. The second-order valence-corrected chi connectivity index (χ2v) is 6.59. The number of hydrogen-bond donors (Lipinski definition) is 0. The minimum absolute atomic E-state index is 0.110. The average Bonchev–Trinajstić information content (AvgIpc) is 3.28. The Morgan fingerprint density at radius 1 is 1.27 bits per heavy atom. The maximum atomic E-state index is 6.22. The number of hydrogen-bond acceptors (Lipinski definition) is 3. The molecule has 0 unspecified atom stereocenters.